The number of thiocarbonyl (C=S) groups is 1. The number of nitrogens with two attached hydrogens (primary N) is 1. The molecular weight excluding hydrogens is 356 g/mol. The molecule has 0 amide bonds. The lowest BCUT2D eigenvalue weighted by molar-refractivity contribution is 1.15. The summed E-state index contributed by atoms with van der Waals surface area (Å²) in [5, 5.41) is 7.24. The van der Waals surface area contributed by atoms with Crippen LogP contribution in [-0.4, -0.2) is 21.0 Å². The molecule has 4 N–H and O–H groups in total. The van der Waals surface area contributed by atoms with Crippen LogP contribution in [0.1, 0.15) is 22.4 Å². The van der Waals surface area contributed by atoms with Gasteiger partial charge in [-0.15, -0.1) is 0 Å². The zero-order chi connectivity index (χ0) is 19.6. The number of nitrogens with one attached hydrogen (secondary N) is 2. The molecule has 0 unspecified atom stereocenters. The van der Waals surface area contributed by atoms with Crippen molar-refractivity contribution in [3.05, 3.63) is 58.8 Å². The van der Waals surface area contributed by atoms with E-state index in [-0.39, 0.29) is 11.1 Å². The van der Waals surface area contributed by atoms with Crippen LogP contribution in [0, 0.1) is 27.7 Å². The Bertz CT molecular complexity index is 1060. The third-order valence-electron chi connectivity index (χ3n) is 4.26. The van der Waals surface area contributed by atoms with Gasteiger partial charge < -0.3 is 11.1 Å². The van der Waals surface area contributed by atoms with Gasteiger partial charge >= 0.3 is 0 Å². The van der Waals surface area contributed by atoms with Crippen molar-refractivity contribution >= 4 is 45.8 Å². The Balaban J connectivity index is 1.75. The molecule has 138 valence electrons. The smallest absolute Gasteiger partial charge is 0.230 e. The van der Waals surface area contributed by atoms with E-state index in [2.05, 4.69) is 32.5 Å². The van der Waals surface area contributed by atoms with Gasteiger partial charge in [-0.2, -0.15) is 4.99 Å². The van der Waals surface area contributed by atoms with Crippen LogP contribution in [0.2, 0.25) is 0 Å². The van der Waals surface area contributed by atoms with Crippen molar-refractivity contribution in [2.24, 2.45) is 10.7 Å². The van der Waals surface area contributed by atoms with E-state index in [1.807, 2.05) is 57.2 Å². The highest BCUT2D eigenvalue weighted by molar-refractivity contribution is 7.80. The topological polar surface area (TPSA) is 88.2 Å². The quantitative estimate of drug-likeness (QED) is 0.355. The van der Waals surface area contributed by atoms with Gasteiger partial charge in [0.15, 0.2) is 0 Å². The van der Waals surface area contributed by atoms with E-state index in [0.29, 0.717) is 5.95 Å². The van der Waals surface area contributed by atoms with Crippen molar-refractivity contribution in [1.82, 2.24) is 9.97 Å². The van der Waals surface area contributed by atoms with Crippen molar-refractivity contribution in [2.45, 2.75) is 27.7 Å². The number of hydrogen-bond donors (Lipinski definition) is 3. The van der Waals surface area contributed by atoms with E-state index in [1.165, 1.54) is 11.1 Å². The molecule has 0 radical (unpaired) electrons. The molecule has 3 aromatic rings. The molecule has 0 fully saturated rings. The minimum atomic E-state index is 0.128. The summed E-state index contributed by atoms with van der Waals surface area (Å²) < 4.78 is 0. The zero-order valence-corrected chi connectivity index (χ0v) is 16.6. The summed E-state index contributed by atoms with van der Waals surface area (Å²) in [6.07, 6.45) is 0. The number of hydrogen-bond acceptors (Lipinski definition) is 3. The number of aryl methyl sites for hydroxylation is 4. The van der Waals surface area contributed by atoms with Gasteiger partial charge in [-0.1, -0.05) is 18.2 Å². The first kappa shape index (κ1) is 18.7. The molecule has 0 saturated heterocycles. The fraction of sp³-hybridized carbons (Fsp3) is 0.200. The molecule has 3 rings (SSSR count). The van der Waals surface area contributed by atoms with E-state index < -0.39 is 0 Å². The summed E-state index contributed by atoms with van der Waals surface area (Å²) in [7, 11) is 0. The number of fused-ring (bicyclic) bond motifs is 1. The summed E-state index contributed by atoms with van der Waals surface area (Å²) in [5.74, 6) is 0.517. The number of anilines is 2. The van der Waals surface area contributed by atoms with Crippen molar-refractivity contribution in [2.75, 3.05) is 10.6 Å². The predicted octanol–water partition coefficient (Wildman–Crippen LogP) is 3.99. The molecule has 1 heterocycles. The third kappa shape index (κ3) is 4.57. The average Bonchev–Trinajstić information content (AvgIpc) is 2.57. The van der Waals surface area contributed by atoms with Gasteiger partial charge in [-0.25, -0.2) is 9.97 Å². The molecule has 0 aliphatic carbocycles. The van der Waals surface area contributed by atoms with Gasteiger partial charge in [0.05, 0.1) is 11.2 Å². The fourth-order valence-corrected chi connectivity index (χ4v) is 2.89. The van der Waals surface area contributed by atoms with E-state index in [9.17, 15) is 0 Å². The molecule has 7 heteroatoms. The Labute approximate surface area is 163 Å². The first-order valence-corrected chi connectivity index (χ1v) is 8.97. The van der Waals surface area contributed by atoms with Crippen molar-refractivity contribution in [3.8, 4) is 0 Å². The Kier molecular flexibility index (Phi) is 5.32. The number of rotatable bonds is 2. The summed E-state index contributed by atoms with van der Waals surface area (Å²) in [4.78, 5) is 13.1. The lowest BCUT2D eigenvalue weighted by Gasteiger charge is -2.09. The molecule has 0 bridgehead atoms. The SMILES string of the molecule is Cc1ccc2c(C)nc(N/C(N)=N/C(=S)Nc3ccc(C)c(C)c3)nc2c1. The molecule has 0 aliphatic heterocycles. The molecule has 27 heavy (non-hydrogen) atoms. The van der Waals surface area contributed by atoms with E-state index in [1.54, 1.807) is 0 Å². The van der Waals surface area contributed by atoms with Crippen molar-refractivity contribution < 1.29 is 0 Å². The molecule has 1 aromatic heterocycles. The number of aliphatic imine (C=N–C) groups is 1. The van der Waals surface area contributed by atoms with E-state index >= 15 is 0 Å². The zero-order valence-electron chi connectivity index (χ0n) is 15.8. The lowest BCUT2D eigenvalue weighted by Crippen LogP contribution is -2.26. The maximum absolute atomic E-state index is 5.97. The first-order chi connectivity index (χ1) is 12.8. The average molecular weight is 379 g/mol. The van der Waals surface area contributed by atoms with Crippen LogP contribution in [0.3, 0.4) is 0 Å². The predicted molar refractivity (Wildman–Crippen MR) is 116 cm³/mol. The maximum Gasteiger partial charge on any atom is 0.230 e. The normalized spacial score (nSPS) is 11.5. The number of guanidine groups is 1. The largest absolute Gasteiger partial charge is 0.369 e. The second kappa shape index (κ2) is 7.67. The van der Waals surface area contributed by atoms with Crippen LogP contribution in [0.4, 0.5) is 11.6 Å². The van der Waals surface area contributed by atoms with Crippen LogP contribution in [-0.2, 0) is 0 Å². The second-order valence-corrected chi connectivity index (χ2v) is 6.89. The first-order valence-electron chi connectivity index (χ1n) is 8.56. The number of aromatic nitrogens is 2. The second-order valence-electron chi connectivity index (χ2n) is 6.50. The van der Waals surface area contributed by atoms with Gasteiger partial charge in [-0.05, 0) is 74.8 Å². The highest BCUT2D eigenvalue weighted by Crippen LogP contribution is 2.18. The standard InChI is InChI=1S/C20H22N6S/c1-11-5-8-16-14(4)22-19(24-17(16)9-11)25-18(21)26-20(27)23-15-7-6-12(2)13(3)10-15/h5-10H,1-4H3,(H4,21,22,23,24,25,26,27). The monoisotopic (exact) mass is 378 g/mol. The Morgan fingerprint density at radius 2 is 1.74 bits per heavy atom. The number of nitrogens with zero attached hydrogens (tertiary/aromatic N) is 3. The summed E-state index contributed by atoms with van der Waals surface area (Å²) >= 11 is 5.27. The Morgan fingerprint density at radius 1 is 0.963 bits per heavy atom. The summed E-state index contributed by atoms with van der Waals surface area (Å²) in [6.45, 7) is 8.06. The molecule has 0 spiro atoms. The number of benzene rings is 2. The minimum absolute atomic E-state index is 0.128. The molecular formula is C20H22N6S. The third-order valence-corrected chi connectivity index (χ3v) is 4.46. The highest BCUT2D eigenvalue weighted by Gasteiger charge is 2.06. The van der Waals surface area contributed by atoms with Crippen molar-refractivity contribution in [3.63, 3.8) is 0 Å². The van der Waals surface area contributed by atoms with Crippen LogP contribution in [0.5, 0.6) is 0 Å². The van der Waals surface area contributed by atoms with Crippen LogP contribution in [0.25, 0.3) is 10.9 Å². The molecule has 6 nitrogen and oxygen atoms in total. The molecule has 2 aromatic carbocycles. The van der Waals surface area contributed by atoms with Gasteiger partial charge in [0, 0.05) is 11.1 Å². The molecule has 0 aliphatic rings. The van der Waals surface area contributed by atoms with Crippen LogP contribution in [0.15, 0.2) is 41.4 Å². The summed E-state index contributed by atoms with van der Waals surface area (Å²) in [5.41, 5.74) is 12.1. The molecule has 0 atom stereocenters. The van der Waals surface area contributed by atoms with Crippen molar-refractivity contribution in [1.29, 1.82) is 0 Å². The van der Waals surface area contributed by atoms with Gasteiger partial charge in [-0.3, -0.25) is 5.32 Å². The van der Waals surface area contributed by atoms with Gasteiger partial charge in [0.25, 0.3) is 0 Å². The Morgan fingerprint density at radius 3 is 2.48 bits per heavy atom. The van der Waals surface area contributed by atoms with Gasteiger partial charge in [0.1, 0.15) is 0 Å². The minimum Gasteiger partial charge on any atom is -0.369 e. The maximum atomic E-state index is 5.97. The van der Waals surface area contributed by atoms with E-state index in [0.717, 1.165) is 27.8 Å². The summed E-state index contributed by atoms with van der Waals surface area (Å²) in [6, 6.07) is 12.1. The highest BCUT2D eigenvalue weighted by atomic mass is 32.1. The van der Waals surface area contributed by atoms with Crippen LogP contribution < -0.4 is 16.4 Å². The molecule has 0 saturated carbocycles. The van der Waals surface area contributed by atoms with Crippen LogP contribution >= 0.6 is 12.2 Å². The van der Waals surface area contributed by atoms with Gasteiger partial charge in [0.2, 0.25) is 17.0 Å². The fourth-order valence-electron chi connectivity index (χ4n) is 2.68. The lowest BCUT2D eigenvalue weighted by atomic mass is 10.1. The Hall–Kier alpha value is -3.06. The van der Waals surface area contributed by atoms with E-state index in [4.69, 9.17) is 18.0 Å².